The number of imidazole rings is 1. The van der Waals surface area contributed by atoms with Gasteiger partial charge in [0.15, 0.2) is 0 Å². The number of H-pyrrole nitrogens is 1. The number of amides is 2. The smallest absolute Gasteiger partial charge is 0.409 e. The zero-order valence-corrected chi connectivity index (χ0v) is 14.6. The zero-order chi connectivity index (χ0) is 17.9. The molecular formula is C17H24N4O3. The van der Waals surface area contributed by atoms with E-state index in [2.05, 4.69) is 15.9 Å². The summed E-state index contributed by atoms with van der Waals surface area (Å²) in [6.07, 6.45) is 8.14. The van der Waals surface area contributed by atoms with Crippen LogP contribution >= 0.6 is 0 Å². The molecule has 1 aliphatic rings. The number of aromatic amines is 1. The third kappa shape index (κ3) is 3.37. The molecule has 130 valence electrons. The second-order valence-corrected chi connectivity index (χ2v) is 6.29. The zero-order valence-electron chi connectivity index (χ0n) is 14.6. The van der Waals surface area contributed by atoms with Crippen LogP contribution in [0.15, 0.2) is 6.20 Å². The number of aromatic nitrogens is 2. The lowest BCUT2D eigenvalue weighted by atomic mass is 10.0. The Kier molecular flexibility index (Phi) is 5.50. The van der Waals surface area contributed by atoms with E-state index in [0.29, 0.717) is 18.1 Å². The number of methoxy groups -OCH3 is 1. The average molecular weight is 332 g/mol. The van der Waals surface area contributed by atoms with Gasteiger partial charge in [0.2, 0.25) is 5.91 Å². The normalized spacial score (nSPS) is 18.3. The number of hydrogen-bond donors (Lipinski definition) is 1. The molecule has 1 saturated heterocycles. The summed E-state index contributed by atoms with van der Waals surface area (Å²) in [5, 5.41) is 0. The maximum absolute atomic E-state index is 13.1. The molecule has 7 nitrogen and oxygen atoms in total. The number of rotatable bonds is 4. The molecule has 1 N–H and O–H groups in total. The summed E-state index contributed by atoms with van der Waals surface area (Å²) >= 11 is 0. The Morgan fingerprint density at radius 3 is 2.79 bits per heavy atom. The topological polar surface area (TPSA) is 78.5 Å². The largest absolute Gasteiger partial charge is 0.453 e. The molecule has 24 heavy (non-hydrogen) atoms. The van der Waals surface area contributed by atoms with Gasteiger partial charge in [0.25, 0.3) is 0 Å². The van der Waals surface area contributed by atoms with Crippen LogP contribution in [0.2, 0.25) is 0 Å². The number of carbonyl (C=O) groups is 2. The van der Waals surface area contributed by atoms with E-state index in [1.165, 1.54) is 12.0 Å². The summed E-state index contributed by atoms with van der Waals surface area (Å²) in [6, 6.07) is -0.730. The van der Waals surface area contributed by atoms with Crippen LogP contribution in [-0.4, -0.2) is 58.5 Å². The molecule has 2 heterocycles. The van der Waals surface area contributed by atoms with Gasteiger partial charge in [-0.1, -0.05) is 19.8 Å². The number of likely N-dealkylation sites (N-methyl/N-ethyl adjacent to an activating group) is 1. The van der Waals surface area contributed by atoms with Gasteiger partial charge in [0, 0.05) is 13.6 Å². The second-order valence-electron chi connectivity index (χ2n) is 6.29. The fraction of sp³-hybridized carbons (Fsp3) is 0.588. The van der Waals surface area contributed by atoms with Crippen LogP contribution in [0.1, 0.15) is 44.2 Å². The number of nitrogens with zero attached hydrogens (tertiary/aromatic N) is 3. The molecule has 2 unspecified atom stereocenters. The van der Waals surface area contributed by atoms with E-state index in [0.717, 1.165) is 12.8 Å². The first kappa shape index (κ1) is 17.9. The molecular weight excluding hydrogens is 308 g/mol. The maximum atomic E-state index is 13.1. The van der Waals surface area contributed by atoms with Crippen molar-refractivity contribution >= 4 is 12.0 Å². The fourth-order valence-corrected chi connectivity index (χ4v) is 3.22. The Morgan fingerprint density at radius 2 is 2.25 bits per heavy atom. The minimum atomic E-state index is -0.583. The molecule has 0 saturated carbocycles. The van der Waals surface area contributed by atoms with E-state index in [-0.39, 0.29) is 17.9 Å². The van der Waals surface area contributed by atoms with Crippen molar-refractivity contribution in [3.63, 3.8) is 0 Å². The summed E-state index contributed by atoms with van der Waals surface area (Å²) in [6.45, 7) is 4.46. The summed E-state index contributed by atoms with van der Waals surface area (Å²) in [5.74, 6) is 3.06. The number of hydrogen-bond acceptors (Lipinski definition) is 4. The van der Waals surface area contributed by atoms with Crippen molar-refractivity contribution < 1.29 is 14.3 Å². The van der Waals surface area contributed by atoms with Crippen molar-refractivity contribution in [2.24, 2.45) is 5.92 Å². The van der Waals surface area contributed by atoms with Crippen LogP contribution in [0.3, 0.4) is 0 Å². The van der Waals surface area contributed by atoms with Crippen molar-refractivity contribution in [1.82, 2.24) is 19.8 Å². The molecule has 2 atom stereocenters. The van der Waals surface area contributed by atoms with E-state index < -0.39 is 12.1 Å². The van der Waals surface area contributed by atoms with E-state index in [4.69, 9.17) is 11.2 Å². The molecule has 0 aromatic carbocycles. The summed E-state index contributed by atoms with van der Waals surface area (Å²) < 4.78 is 4.76. The monoisotopic (exact) mass is 332 g/mol. The number of carbonyl (C=O) groups excluding carboxylic acids is 2. The molecule has 1 aromatic rings. The molecule has 1 fully saturated rings. The van der Waals surface area contributed by atoms with Crippen molar-refractivity contribution in [2.45, 2.75) is 38.8 Å². The number of terminal acetylenes is 1. The van der Waals surface area contributed by atoms with Crippen molar-refractivity contribution in [3.05, 3.63) is 17.7 Å². The van der Waals surface area contributed by atoms with E-state index in [1.807, 2.05) is 13.8 Å². The minimum absolute atomic E-state index is 0.0410. The Bertz CT molecular complexity index is 647. The highest BCUT2D eigenvalue weighted by Crippen LogP contribution is 2.32. The first-order chi connectivity index (χ1) is 11.4. The third-order valence-electron chi connectivity index (χ3n) is 4.37. The van der Waals surface area contributed by atoms with Gasteiger partial charge in [0.1, 0.15) is 17.6 Å². The van der Waals surface area contributed by atoms with Crippen LogP contribution in [0.25, 0.3) is 0 Å². The molecule has 7 heteroatoms. The van der Waals surface area contributed by atoms with E-state index in [1.54, 1.807) is 18.1 Å². The molecule has 2 amide bonds. The van der Waals surface area contributed by atoms with Crippen molar-refractivity contribution in [3.8, 4) is 12.3 Å². The molecule has 0 radical (unpaired) electrons. The highest BCUT2D eigenvalue weighted by molar-refractivity contribution is 5.86. The van der Waals surface area contributed by atoms with Crippen LogP contribution < -0.4 is 0 Å². The molecule has 1 aromatic heterocycles. The number of ether oxygens (including phenoxy) is 1. The second kappa shape index (κ2) is 7.39. The average Bonchev–Trinajstić information content (AvgIpc) is 3.21. The highest BCUT2D eigenvalue weighted by Gasteiger charge is 2.39. The lowest BCUT2D eigenvalue weighted by Gasteiger charge is -2.34. The first-order valence-corrected chi connectivity index (χ1v) is 8.03. The van der Waals surface area contributed by atoms with Gasteiger partial charge in [-0.2, -0.15) is 0 Å². The lowest BCUT2D eigenvalue weighted by molar-refractivity contribution is -0.138. The standard InChI is InChI=1S/C17H24N4O3/c1-6-12-10-18-15(19-12)13-8-7-9-21(13)16(22)14(11(2)3)20(4)17(23)24-5/h1,10-11,13-14H,7-9H2,2-5H3,(H,18,19). The predicted molar refractivity (Wildman–Crippen MR) is 89.0 cm³/mol. The minimum Gasteiger partial charge on any atom is -0.453 e. The SMILES string of the molecule is C#Cc1cnc(C2CCCN2C(=O)C(C(C)C)N(C)C(=O)OC)[nH]1. The van der Waals surface area contributed by atoms with E-state index in [9.17, 15) is 9.59 Å². The molecule has 1 aliphatic heterocycles. The maximum Gasteiger partial charge on any atom is 0.409 e. The number of nitrogens with one attached hydrogen (secondary N) is 1. The fourth-order valence-electron chi connectivity index (χ4n) is 3.22. The van der Waals surface area contributed by atoms with Gasteiger partial charge in [-0.25, -0.2) is 9.78 Å². The van der Waals surface area contributed by atoms with Gasteiger partial charge in [-0.15, -0.1) is 6.42 Å². The van der Waals surface area contributed by atoms with Gasteiger partial charge in [-0.3, -0.25) is 9.69 Å². The third-order valence-corrected chi connectivity index (χ3v) is 4.37. The summed E-state index contributed by atoms with van der Waals surface area (Å²) in [5.41, 5.74) is 0.594. The van der Waals surface area contributed by atoms with Gasteiger partial charge >= 0.3 is 6.09 Å². The van der Waals surface area contributed by atoms with Gasteiger partial charge in [0.05, 0.1) is 19.3 Å². The van der Waals surface area contributed by atoms with Crippen LogP contribution in [0, 0.1) is 18.3 Å². The van der Waals surface area contributed by atoms with Gasteiger partial charge < -0.3 is 14.6 Å². The lowest BCUT2D eigenvalue weighted by Crippen LogP contribution is -2.51. The molecule has 0 aliphatic carbocycles. The Hall–Kier alpha value is -2.49. The Morgan fingerprint density at radius 1 is 1.54 bits per heavy atom. The van der Waals surface area contributed by atoms with Crippen LogP contribution in [-0.2, 0) is 9.53 Å². The number of likely N-dealkylation sites (tertiary alicyclic amines) is 1. The molecule has 2 rings (SSSR count). The van der Waals surface area contributed by atoms with Gasteiger partial charge in [-0.05, 0) is 18.8 Å². The highest BCUT2D eigenvalue weighted by atomic mass is 16.5. The molecule has 0 spiro atoms. The van der Waals surface area contributed by atoms with Crippen molar-refractivity contribution in [2.75, 3.05) is 20.7 Å². The van der Waals surface area contributed by atoms with Crippen LogP contribution in [0.5, 0.6) is 0 Å². The quantitative estimate of drug-likeness (QED) is 0.853. The van der Waals surface area contributed by atoms with Crippen molar-refractivity contribution in [1.29, 1.82) is 0 Å². The summed E-state index contributed by atoms with van der Waals surface area (Å²) in [7, 11) is 2.90. The Labute approximate surface area is 142 Å². The predicted octanol–water partition coefficient (Wildman–Crippen LogP) is 1.78. The van der Waals surface area contributed by atoms with E-state index >= 15 is 0 Å². The Balaban J connectivity index is 2.24. The van der Waals surface area contributed by atoms with Crippen LogP contribution in [0.4, 0.5) is 4.79 Å². The summed E-state index contributed by atoms with van der Waals surface area (Å²) in [4.78, 5) is 35.5. The first-order valence-electron chi connectivity index (χ1n) is 8.03. The molecule has 0 bridgehead atoms.